The maximum atomic E-state index is 12.2. The Morgan fingerprint density at radius 3 is 2.54 bits per heavy atom. The predicted molar refractivity (Wildman–Crippen MR) is 97.6 cm³/mol. The fourth-order valence-corrected chi connectivity index (χ4v) is 3.88. The van der Waals surface area contributed by atoms with E-state index in [0.717, 1.165) is 7.11 Å². The molecule has 0 aromatic rings. The molecule has 1 aliphatic carbocycles. The van der Waals surface area contributed by atoms with Crippen molar-refractivity contribution in [1.29, 1.82) is 0 Å². The number of ether oxygens (including phenoxy) is 3. The number of methoxy groups -OCH3 is 1. The van der Waals surface area contributed by atoms with E-state index in [9.17, 15) is 19.5 Å². The zero-order valence-electron chi connectivity index (χ0n) is 15.7. The van der Waals surface area contributed by atoms with Crippen LogP contribution in [0.1, 0.15) is 6.42 Å². The van der Waals surface area contributed by atoms with Crippen LogP contribution < -0.4 is 0 Å². The summed E-state index contributed by atoms with van der Waals surface area (Å²) in [4.78, 5) is 36.3. The minimum absolute atomic E-state index is 0.0332. The molecular weight excluding hydrogens is 368 g/mol. The lowest BCUT2D eigenvalue weighted by Gasteiger charge is -2.52. The number of rotatable bonds is 6. The van der Waals surface area contributed by atoms with Gasteiger partial charge in [-0.1, -0.05) is 25.8 Å². The van der Waals surface area contributed by atoms with Crippen molar-refractivity contribution in [3.05, 3.63) is 49.1 Å². The number of carbonyl (C=O) groups excluding carboxylic acids is 3. The number of cyclic esters (lactones) is 1. The highest BCUT2D eigenvalue weighted by molar-refractivity contribution is 5.91. The van der Waals surface area contributed by atoms with Gasteiger partial charge in [-0.15, -0.1) is 6.58 Å². The molecule has 0 radical (unpaired) electrons. The van der Waals surface area contributed by atoms with Crippen LogP contribution in [-0.4, -0.2) is 60.7 Å². The van der Waals surface area contributed by atoms with Crippen molar-refractivity contribution in [2.75, 3.05) is 20.3 Å². The maximum absolute atomic E-state index is 12.2. The Morgan fingerprint density at radius 2 is 2.00 bits per heavy atom. The van der Waals surface area contributed by atoms with Crippen molar-refractivity contribution in [2.24, 2.45) is 17.3 Å². The topological polar surface area (TPSA) is 119 Å². The first-order chi connectivity index (χ1) is 13.1. The molecule has 0 aromatic carbocycles. The van der Waals surface area contributed by atoms with Crippen LogP contribution in [-0.2, 0) is 28.6 Å². The number of carbonyl (C=O) groups is 3. The number of fused-ring (bicyclic) bond motifs is 1. The second-order valence-corrected chi connectivity index (χ2v) is 6.96. The van der Waals surface area contributed by atoms with Gasteiger partial charge >= 0.3 is 17.9 Å². The molecule has 28 heavy (non-hydrogen) atoms. The normalized spacial score (nSPS) is 31.8. The van der Waals surface area contributed by atoms with E-state index in [1.54, 1.807) is 0 Å². The van der Waals surface area contributed by atoms with Crippen LogP contribution in [0.4, 0.5) is 0 Å². The molecule has 0 aromatic heterocycles. The van der Waals surface area contributed by atoms with E-state index < -0.39 is 54.0 Å². The smallest absolute Gasteiger partial charge is 0.336 e. The van der Waals surface area contributed by atoms with Crippen LogP contribution in [0.3, 0.4) is 0 Å². The van der Waals surface area contributed by atoms with E-state index in [-0.39, 0.29) is 29.7 Å². The van der Waals surface area contributed by atoms with Crippen molar-refractivity contribution >= 4 is 17.9 Å². The maximum Gasteiger partial charge on any atom is 0.336 e. The molecule has 152 valence electrons. The Hall–Kier alpha value is -2.71. The van der Waals surface area contributed by atoms with Crippen molar-refractivity contribution in [2.45, 2.75) is 18.6 Å². The van der Waals surface area contributed by atoms with Gasteiger partial charge in [0.15, 0.2) is 0 Å². The second kappa shape index (κ2) is 8.12. The van der Waals surface area contributed by atoms with Gasteiger partial charge in [0.05, 0.1) is 31.3 Å². The quantitative estimate of drug-likeness (QED) is 0.290. The Labute approximate surface area is 162 Å². The first kappa shape index (κ1) is 21.6. The molecule has 2 N–H and O–H groups in total. The van der Waals surface area contributed by atoms with Gasteiger partial charge < -0.3 is 24.4 Å². The van der Waals surface area contributed by atoms with Crippen LogP contribution in [0, 0.1) is 17.3 Å². The Bertz CT molecular complexity index is 751. The largest absolute Gasteiger partial charge is 0.466 e. The molecule has 8 heteroatoms. The third-order valence-electron chi connectivity index (χ3n) is 5.41. The second-order valence-electron chi connectivity index (χ2n) is 6.96. The fourth-order valence-electron chi connectivity index (χ4n) is 3.88. The van der Waals surface area contributed by atoms with E-state index in [1.807, 2.05) is 0 Å². The molecule has 0 spiro atoms. The lowest BCUT2D eigenvalue weighted by molar-refractivity contribution is -0.177. The fraction of sp³-hybridized carbons (Fsp3) is 0.450. The summed E-state index contributed by atoms with van der Waals surface area (Å²) in [5, 5.41) is 20.2. The summed E-state index contributed by atoms with van der Waals surface area (Å²) in [7, 11) is 1.16. The lowest BCUT2D eigenvalue weighted by Crippen LogP contribution is -2.59. The van der Waals surface area contributed by atoms with Gasteiger partial charge in [-0.3, -0.25) is 0 Å². The predicted octanol–water partition coefficient (Wildman–Crippen LogP) is 0.458. The first-order valence-electron chi connectivity index (χ1n) is 8.57. The monoisotopic (exact) mass is 392 g/mol. The average molecular weight is 392 g/mol. The molecular formula is C20H24O8. The van der Waals surface area contributed by atoms with Gasteiger partial charge in [0.2, 0.25) is 0 Å². The summed E-state index contributed by atoms with van der Waals surface area (Å²) >= 11 is 0. The van der Waals surface area contributed by atoms with Crippen molar-refractivity contribution in [3.63, 3.8) is 0 Å². The Morgan fingerprint density at radius 1 is 1.36 bits per heavy atom. The number of esters is 3. The Balaban J connectivity index is 2.50. The molecule has 1 heterocycles. The van der Waals surface area contributed by atoms with Crippen LogP contribution in [0.15, 0.2) is 49.1 Å². The standard InChI is InChI=1S/C20H24O8/c1-6-20-7-13(28-17(23)10(2)8-21)14(11(3)18(24)26-5)16(22)15(20)12(4)19(25)27-9-20/h6,13-16,21-22H,1-4,7-9H2,5H3/t13-,14+,15+,16-,20-/m0/s1. The molecule has 0 amide bonds. The molecule has 2 aliphatic rings. The molecule has 0 bridgehead atoms. The third kappa shape index (κ3) is 3.53. The van der Waals surface area contributed by atoms with E-state index in [4.69, 9.17) is 14.6 Å². The van der Waals surface area contributed by atoms with Gasteiger partial charge in [0.1, 0.15) is 12.7 Å². The van der Waals surface area contributed by atoms with Crippen LogP contribution in [0.5, 0.6) is 0 Å². The minimum Gasteiger partial charge on any atom is -0.466 e. The van der Waals surface area contributed by atoms with E-state index in [1.165, 1.54) is 6.08 Å². The van der Waals surface area contributed by atoms with Gasteiger partial charge in [-0.2, -0.15) is 0 Å². The molecule has 1 aliphatic heterocycles. The average Bonchev–Trinajstić information content (AvgIpc) is 2.68. The summed E-state index contributed by atoms with van der Waals surface area (Å²) in [5.74, 6) is -4.21. The Kier molecular flexibility index (Phi) is 6.26. The number of aliphatic hydroxyl groups is 2. The summed E-state index contributed by atoms with van der Waals surface area (Å²) in [6.07, 6.45) is -0.775. The molecule has 5 atom stereocenters. The first-order valence-corrected chi connectivity index (χ1v) is 8.57. The highest BCUT2D eigenvalue weighted by atomic mass is 16.6. The molecule has 8 nitrogen and oxygen atoms in total. The SMILES string of the molecule is C=C[C@]12COC(=O)C(=C)[C@@H]1[C@@H](O)[C@H](C(=C)C(=O)OC)[C@@H](OC(=O)C(=C)CO)C2. The van der Waals surface area contributed by atoms with Crippen LogP contribution in [0.25, 0.3) is 0 Å². The van der Waals surface area contributed by atoms with Crippen molar-refractivity contribution in [3.8, 4) is 0 Å². The zero-order chi connectivity index (χ0) is 21.2. The lowest BCUT2D eigenvalue weighted by atomic mass is 9.57. The molecule has 0 unspecified atom stereocenters. The van der Waals surface area contributed by atoms with Crippen molar-refractivity contribution < 1.29 is 38.8 Å². The molecule has 2 fully saturated rings. The number of hydrogen-bond acceptors (Lipinski definition) is 8. The highest BCUT2D eigenvalue weighted by Gasteiger charge is 2.58. The van der Waals surface area contributed by atoms with Gasteiger partial charge in [0.25, 0.3) is 0 Å². The number of hydrogen-bond donors (Lipinski definition) is 2. The molecule has 2 rings (SSSR count). The van der Waals surface area contributed by atoms with Gasteiger partial charge in [-0.05, 0) is 6.42 Å². The zero-order valence-corrected chi connectivity index (χ0v) is 15.7. The van der Waals surface area contributed by atoms with E-state index in [2.05, 4.69) is 31.1 Å². The molecule has 1 saturated heterocycles. The van der Waals surface area contributed by atoms with E-state index in [0.29, 0.717) is 0 Å². The summed E-state index contributed by atoms with van der Waals surface area (Å²) in [6, 6.07) is 0. The number of aliphatic hydroxyl groups excluding tert-OH is 2. The van der Waals surface area contributed by atoms with Crippen LogP contribution in [0.2, 0.25) is 0 Å². The van der Waals surface area contributed by atoms with Crippen LogP contribution >= 0.6 is 0 Å². The minimum atomic E-state index is -1.35. The van der Waals surface area contributed by atoms with Gasteiger partial charge in [-0.25, -0.2) is 14.4 Å². The summed E-state index contributed by atoms with van der Waals surface area (Å²) in [5.41, 5.74) is -1.23. The third-order valence-corrected chi connectivity index (χ3v) is 5.41. The summed E-state index contributed by atoms with van der Waals surface area (Å²) in [6.45, 7) is 13.9. The van der Waals surface area contributed by atoms with Gasteiger partial charge in [0, 0.05) is 22.5 Å². The summed E-state index contributed by atoms with van der Waals surface area (Å²) < 4.78 is 15.3. The van der Waals surface area contributed by atoms with E-state index >= 15 is 0 Å². The highest BCUT2D eigenvalue weighted by Crippen LogP contribution is 2.52. The molecule has 1 saturated carbocycles. The van der Waals surface area contributed by atoms with Crippen molar-refractivity contribution in [1.82, 2.24) is 0 Å².